The van der Waals surface area contributed by atoms with Crippen molar-refractivity contribution in [1.29, 1.82) is 0 Å². The van der Waals surface area contributed by atoms with E-state index in [1.165, 1.54) is 19.2 Å². The molecule has 10 heteroatoms. The van der Waals surface area contributed by atoms with E-state index in [0.717, 1.165) is 0 Å². The lowest BCUT2D eigenvalue weighted by molar-refractivity contribution is -0.142. The normalized spacial score (nSPS) is 14.5. The Morgan fingerprint density at radius 1 is 0.861 bits per heavy atom. The highest BCUT2D eigenvalue weighted by molar-refractivity contribution is 5.79. The van der Waals surface area contributed by atoms with E-state index in [2.05, 4.69) is 10.1 Å². The summed E-state index contributed by atoms with van der Waals surface area (Å²) in [7, 11) is 1.18. The maximum absolute atomic E-state index is 12.6. The Bertz CT molecular complexity index is 913. The molecule has 0 spiro atoms. The molecular weight excluding hydrogens is 470 g/mol. The molecule has 0 aliphatic rings. The third-order valence-electron chi connectivity index (χ3n) is 6.03. The molecule has 202 valence electrons. The summed E-state index contributed by atoms with van der Waals surface area (Å²) < 4.78 is 20.5. The molecule has 0 heterocycles. The number of nitrogens with one attached hydrogen (secondary N) is 1. The van der Waals surface area contributed by atoms with Gasteiger partial charge in [0, 0.05) is 6.54 Å². The second-order valence-electron chi connectivity index (χ2n) is 9.57. The van der Waals surface area contributed by atoms with Crippen LogP contribution >= 0.6 is 0 Å². The average Bonchev–Trinajstić information content (AvgIpc) is 2.81. The van der Waals surface area contributed by atoms with Crippen molar-refractivity contribution in [3.63, 3.8) is 0 Å². The van der Waals surface area contributed by atoms with Gasteiger partial charge in [0.15, 0.2) is 11.5 Å². The van der Waals surface area contributed by atoms with E-state index in [1.54, 1.807) is 26.8 Å². The number of carboxylic acids is 1. The smallest absolute Gasteiger partial charge is 0.480 e. The highest BCUT2D eigenvalue weighted by Crippen LogP contribution is 2.31. The molecule has 36 heavy (non-hydrogen) atoms. The van der Waals surface area contributed by atoms with Crippen molar-refractivity contribution < 1.29 is 43.2 Å². The standard InChI is InChI=1S/C26H39NO9/c1-14(2)17(6)24(30)35-21-10-9-19(12-22(21)36-25(31)18(7)15(3)4)11-20(23(28)29)27-13-16(5)34-26(32)33-8/h9-10,12,14-18,20,27H,11,13H2,1-8H3,(H,28,29)/t16?,17?,18?,20-/m0/s1. The molecule has 0 radical (unpaired) electrons. The molecule has 0 bridgehead atoms. The quantitative estimate of drug-likeness (QED) is 0.298. The second kappa shape index (κ2) is 14.4. The molecule has 0 fully saturated rings. The number of methoxy groups -OCH3 is 1. The number of carbonyl (C=O) groups excluding carboxylic acids is 3. The van der Waals surface area contributed by atoms with Crippen LogP contribution in [0.5, 0.6) is 11.5 Å². The van der Waals surface area contributed by atoms with Crippen LogP contribution in [0.2, 0.25) is 0 Å². The van der Waals surface area contributed by atoms with Crippen molar-refractivity contribution in [3.05, 3.63) is 23.8 Å². The first-order valence-corrected chi connectivity index (χ1v) is 12.0. The molecule has 1 aromatic rings. The predicted molar refractivity (Wildman–Crippen MR) is 132 cm³/mol. The molecule has 0 amide bonds. The number of rotatable bonds is 13. The fourth-order valence-electron chi connectivity index (χ4n) is 2.84. The summed E-state index contributed by atoms with van der Waals surface area (Å²) in [6.07, 6.45) is -1.46. The van der Waals surface area contributed by atoms with Gasteiger partial charge in [0.2, 0.25) is 0 Å². The molecule has 2 N–H and O–H groups in total. The van der Waals surface area contributed by atoms with Crippen molar-refractivity contribution in [2.45, 2.75) is 67.0 Å². The first-order chi connectivity index (χ1) is 16.8. The lowest BCUT2D eigenvalue weighted by atomic mass is 9.98. The van der Waals surface area contributed by atoms with Crippen molar-refractivity contribution in [2.24, 2.45) is 23.7 Å². The van der Waals surface area contributed by atoms with Crippen molar-refractivity contribution in [3.8, 4) is 11.5 Å². The molecule has 0 aliphatic heterocycles. The zero-order chi connectivity index (χ0) is 27.6. The highest BCUT2D eigenvalue weighted by atomic mass is 16.7. The van der Waals surface area contributed by atoms with Gasteiger partial charge in [-0.2, -0.15) is 0 Å². The Hall–Kier alpha value is -3.14. The van der Waals surface area contributed by atoms with E-state index in [0.29, 0.717) is 5.56 Å². The van der Waals surface area contributed by atoms with Gasteiger partial charge in [0.1, 0.15) is 12.1 Å². The molecule has 1 rings (SSSR count). The molecular formula is C26H39NO9. The average molecular weight is 510 g/mol. The molecule has 0 aromatic heterocycles. The fourth-order valence-corrected chi connectivity index (χ4v) is 2.84. The third-order valence-corrected chi connectivity index (χ3v) is 6.03. The van der Waals surface area contributed by atoms with Crippen molar-refractivity contribution >= 4 is 24.1 Å². The first-order valence-electron chi connectivity index (χ1n) is 12.0. The predicted octanol–water partition coefficient (Wildman–Crippen LogP) is 3.84. The van der Waals surface area contributed by atoms with Gasteiger partial charge in [0.25, 0.3) is 0 Å². The summed E-state index contributed by atoms with van der Waals surface area (Å²) >= 11 is 0. The number of esters is 2. The van der Waals surface area contributed by atoms with Gasteiger partial charge in [-0.3, -0.25) is 14.4 Å². The van der Waals surface area contributed by atoms with Crippen LogP contribution in [0.25, 0.3) is 0 Å². The van der Waals surface area contributed by atoms with E-state index >= 15 is 0 Å². The number of hydrogen-bond donors (Lipinski definition) is 2. The summed E-state index contributed by atoms with van der Waals surface area (Å²) in [4.78, 5) is 48.2. The lowest BCUT2D eigenvalue weighted by Gasteiger charge is -2.20. The lowest BCUT2D eigenvalue weighted by Crippen LogP contribution is -2.42. The summed E-state index contributed by atoms with van der Waals surface area (Å²) in [5, 5.41) is 12.5. The van der Waals surface area contributed by atoms with Crippen LogP contribution < -0.4 is 14.8 Å². The topological polar surface area (TPSA) is 137 Å². The van der Waals surface area contributed by atoms with Gasteiger partial charge in [-0.1, -0.05) is 47.6 Å². The minimum atomic E-state index is -1.12. The Balaban J connectivity index is 3.14. The summed E-state index contributed by atoms with van der Waals surface area (Å²) in [5.41, 5.74) is 0.535. The number of ether oxygens (including phenoxy) is 4. The van der Waals surface area contributed by atoms with Crippen LogP contribution in [0.1, 0.15) is 54.0 Å². The Kier molecular flexibility index (Phi) is 12.4. The van der Waals surface area contributed by atoms with Crippen LogP contribution in [0.4, 0.5) is 4.79 Å². The van der Waals surface area contributed by atoms with Gasteiger partial charge >= 0.3 is 24.1 Å². The van der Waals surface area contributed by atoms with E-state index < -0.39 is 42.1 Å². The molecule has 4 atom stereocenters. The molecule has 3 unspecified atom stereocenters. The molecule has 0 saturated carbocycles. The largest absolute Gasteiger partial charge is 0.508 e. The minimum Gasteiger partial charge on any atom is -0.480 e. The van der Waals surface area contributed by atoms with Gasteiger partial charge < -0.3 is 29.4 Å². The van der Waals surface area contributed by atoms with Crippen LogP contribution in [-0.2, 0) is 30.3 Å². The van der Waals surface area contributed by atoms with Gasteiger partial charge in [0.05, 0.1) is 18.9 Å². The van der Waals surface area contributed by atoms with Crippen LogP contribution in [-0.4, -0.2) is 55.0 Å². The number of aliphatic carboxylic acids is 1. The van der Waals surface area contributed by atoms with Crippen LogP contribution in [0.3, 0.4) is 0 Å². The number of hydrogen-bond acceptors (Lipinski definition) is 9. The SMILES string of the molecule is COC(=O)OC(C)CN[C@@H](Cc1ccc(OC(=O)C(C)C(C)C)c(OC(=O)C(C)C(C)C)c1)C(=O)O. The van der Waals surface area contributed by atoms with E-state index in [1.807, 2.05) is 27.7 Å². The zero-order valence-corrected chi connectivity index (χ0v) is 22.3. The fraction of sp³-hybridized carbons (Fsp3) is 0.615. The molecule has 0 saturated heterocycles. The Morgan fingerprint density at radius 2 is 1.39 bits per heavy atom. The van der Waals surface area contributed by atoms with Crippen molar-refractivity contribution in [1.82, 2.24) is 5.32 Å². The van der Waals surface area contributed by atoms with E-state index in [4.69, 9.17) is 14.2 Å². The maximum atomic E-state index is 12.6. The first kappa shape index (κ1) is 30.9. The van der Waals surface area contributed by atoms with Gasteiger partial charge in [-0.05, 0) is 42.9 Å². The van der Waals surface area contributed by atoms with E-state index in [-0.39, 0.29) is 42.2 Å². The summed E-state index contributed by atoms with van der Waals surface area (Å²) in [5.74, 6) is -2.64. The monoisotopic (exact) mass is 509 g/mol. The number of benzene rings is 1. The molecule has 1 aromatic carbocycles. The maximum Gasteiger partial charge on any atom is 0.508 e. The minimum absolute atomic E-state index is 0.0290. The Morgan fingerprint density at radius 3 is 1.86 bits per heavy atom. The summed E-state index contributed by atoms with van der Waals surface area (Å²) in [6, 6.07) is 3.57. The highest BCUT2D eigenvalue weighted by Gasteiger charge is 2.25. The summed E-state index contributed by atoms with van der Waals surface area (Å²) in [6.45, 7) is 12.7. The Labute approximate surface area is 212 Å². The van der Waals surface area contributed by atoms with Crippen LogP contribution in [0.15, 0.2) is 18.2 Å². The zero-order valence-electron chi connectivity index (χ0n) is 22.3. The second-order valence-corrected chi connectivity index (χ2v) is 9.57. The number of carboxylic acid groups (broad SMARTS) is 1. The van der Waals surface area contributed by atoms with Gasteiger partial charge in [-0.15, -0.1) is 0 Å². The van der Waals surface area contributed by atoms with E-state index in [9.17, 15) is 24.3 Å². The molecule has 10 nitrogen and oxygen atoms in total. The number of carbonyl (C=O) groups is 4. The third kappa shape index (κ3) is 9.85. The molecule has 0 aliphatic carbocycles. The van der Waals surface area contributed by atoms with Crippen LogP contribution in [0, 0.1) is 23.7 Å². The van der Waals surface area contributed by atoms with Gasteiger partial charge in [-0.25, -0.2) is 4.79 Å². The van der Waals surface area contributed by atoms with Crippen molar-refractivity contribution in [2.75, 3.05) is 13.7 Å².